The quantitative estimate of drug-likeness (QED) is 0.847. The molecule has 0 bridgehead atoms. The molecular weight excluding hydrogens is 258 g/mol. The van der Waals surface area contributed by atoms with E-state index in [1.807, 2.05) is 6.92 Å². The molecule has 0 N–H and O–H groups in total. The van der Waals surface area contributed by atoms with Crippen LogP contribution in [0.4, 0.5) is 0 Å². The molecule has 98 valence electrons. The van der Waals surface area contributed by atoms with E-state index in [1.54, 1.807) is 0 Å². The van der Waals surface area contributed by atoms with Gasteiger partial charge < -0.3 is 0 Å². The molecule has 0 radical (unpaired) electrons. The second-order valence-corrected chi connectivity index (χ2v) is 6.11. The van der Waals surface area contributed by atoms with Gasteiger partial charge in [-0.15, -0.1) is 10.2 Å². The lowest BCUT2D eigenvalue weighted by Gasteiger charge is -2.11. The fraction of sp³-hybridized carbons (Fsp3) is 0.467. The maximum atomic E-state index is 6.49. The van der Waals surface area contributed by atoms with Crippen molar-refractivity contribution in [1.29, 1.82) is 0 Å². The first-order valence-corrected chi connectivity index (χ1v) is 7.33. The fourth-order valence-corrected chi connectivity index (χ4v) is 2.93. The zero-order valence-electron chi connectivity index (χ0n) is 10.9. The second kappa shape index (κ2) is 4.07. The zero-order valence-corrected chi connectivity index (χ0v) is 11.7. The molecule has 0 saturated heterocycles. The highest BCUT2D eigenvalue weighted by atomic mass is 35.5. The van der Waals surface area contributed by atoms with Gasteiger partial charge in [-0.05, 0) is 56.2 Å². The smallest absolute Gasteiger partial charge is 0.140 e. The minimum absolute atomic E-state index is 0.570. The monoisotopic (exact) mass is 273 g/mol. The second-order valence-electron chi connectivity index (χ2n) is 5.70. The van der Waals surface area contributed by atoms with Crippen molar-refractivity contribution in [3.8, 4) is 5.69 Å². The largest absolute Gasteiger partial charge is 0.281 e. The van der Waals surface area contributed by atoms with E-state index in [9.17, 15) is 0 Å². The normalized spacial score (nSPS) is 18.8. The van der Waals surface area contributed by atoms with Crippen LogP contribution in [0.3, 0.4) is 0 Å². The SMILES string of the molecule is Cc1nnc(C2CC2)n1-c1ccc(C2CC2)cc1Cl. The third-order valence-corrected chi connectivity index (χ3v) is 4.36. The molecule has 0 aliphatic heterocycles. The van der Waals surface area contributed by atoms with Gasteiger partial charge in [-0.3, -0.25) is 4.57 Å². The van der Waals surface area contributed by atoms with Crippen molar-refractivity contribution in [3.05, 3.63) is 40.4 Å². The molecule has 4 rings (SSSR count). The van der Waals surface area contributed by atoms with E-state index in [-0.39, 0.29) is 0 Å². The summed E-state index contributed by atoms with van der Waals surface area (Å²) in [4.78, 5) is 0. The number of aryl methyl sites for hydroxylation is 1. The minimum atomic E-state index is 0.570. The average Bonchev–Trinajstić information content (AvgIpc) is 3.28. The molecule has 0 unspecified atom stereocenters. The van der Waals surface area contributed by atoms with E-state index in [2.05, 4.69) is 33.0 Å². The van der Waals surface area contributed by atoms with Gasteiger partial charge >= 0.3 is 0 Å². The number of halogens is 1. The lowest BCUT2D eigenvalue weighted by Crippen LogP contribution is -2.03. The molecule has 2 aromatic rings. The van der Waals surface area contributed by atoms with Crippen molar-refractivity contribution in [2.45, 2.75) is 44.4 Å². The van der Waals surface area contributed by atoms with E-state index in [4.69, 9.17) is 11.6 Å². The number of hydrogen-bond acceptors (Lipinski definition) is 2. The van der Waals surface area contributed by atoms with Gasteiger partial charge in [0.1, 0.15) is 11.6 Å². The third-order valence-electron chi connectivity index (χ3n) is 4.05. The number of aromatic nitrogens is 3. The Morgan fingerprint density at radius 1 is 1.11 bits per heavy atom. The number of nitrogens with zero attached hydrogens (tertiary/aromatic N) is 3. The highest BCUT2D eigenvalue weighted by Crippen LogP contribution is 2.43. The van der Waals surface area contributed by atoms with Gasteiger partial charge in [-0.1, -0.05) is 17.7 Å². The highest BCUT2D eigenvalue weighted by Gasteiger charge is 2.31. The van der Waals surface area contributed by atoms with Crippen molar-refractivity contribution in [3.63, 3.8) is 0 Å². The van der Waals surface area contributed by atoms with Crippen LogP contribution < -0.4 is 0 Å². The molecule has 2 fully saturated rings. The van der Waals surface area contributed by atoms with Gasteiger partial charge in [-0.2, -0.15) is 0 Å². The Balaban J connectivity index is 1.81. The standard InChI is InChI=1S/C15H16ClN3/c1-9-17-18-15(11-4-5-11)19(9)14-7-6-12(8-13(14)16)10-2-3-10/h6-8,10-11H,2-5H2,1H3. The van der Waals surface area contributed by atoms with Gasteiger partial charge in [0.05, 0.1) is 10.7 Å². The van der Waals surface area contributed by atoms with Crippen molar-refractivity contribution in [1.82, 2.24) is 14.8 Å². The lowest BCUT2D eigenvalue weighted by molar-refractivity contribution is 0.860. The van der Waals surface area contributed by atoms with Crippen LogP contribution in [-0.4, -0.2) is 14.8 Å². The molecule has 0 spiro atoms. The summed E-state index contributed by atoms with van der Waals surface area (Å²) in [7, 11) is 0. The highest BCUT2D eigenvalue weighted by molar-refractivity contribution is 6.32. The molecule has 19 heavy (non-hydrogen) atoms. The summed E-state index contributed by atoms with van der Waals surface area (Å²) >= 11 is 6.49. The van der Waals surface area contributed by atoms with E-state index in [0.29, 0.717) is 5.92 Å². The Bertz CT molecular complexity index is 639. The Hall–Kier alpha value is -1.35. The van der Waals surface area contributed by atoms with Gasteiger partial charge in [0.15, 0.2) is 0 Å². The van der Waals surface area contributed by atoms with Crippen LogP contribution in [0.15, 0.2) is 18.2 Å². The summed E-state index contributed by atoms with van der Waals surface area (Å²) in [5.74, 6) is 3.29. The molecule has 4 heteroatoms. The summed E-state index contributed by atoms with van der Waals surface area (Å²) in [6, 6.07) is 6.44. The molecular formula is C15H16ClN3. The Labute approximate surface area is 117 Å². The van der Waals surface area contributed by atoms with E-state index in [0.717, 1.165) is 28.3 Å². The third kappa shape index (κ3) is 1.96. The van der Waals surface area contributed by atoms with Crippen molar-refractivity contribution in [2.24, 2.45) is 0 Å². The van der Waals surface area contributed by atoms with E-state index in [1.165, 1.54) is 31.2 Å². The van der Waals surface area contributed by atoms with E-state index >= 15 is 0 Å². The summed E-state index contributed by atoms with van der Waals surface area (Å²) in [5, 5.41) is 9.35. The first-order valence-electron chi connectivity index (χ1n) is 6.96. The molecule has 1 aromatic heterocycles. The van der Waals surface area contributed by atoms with Gasteiger partial charge in [0, 0.05) is 5.92 Å². The van der Waals surface area contributed by atoms with Crippen LogP contribution in [0.5, 0.6) is 0 Å². The topological polar surface area (TPSA) is 30.7 Å². The number of hydrogen-bond donors (Lipinski definition) is 0. The lowest BCUT2D eigenvalue weighted by atomic mass is 10.1. The minimum Gasteiger partial charge on any atom is -0.281 e. The van der Waals surface area contributed by atoms with Crippen LogP contribution in [0.25, 0.3) is 5.69 Å². The van der Waals surface area contributed by atoms with Crippen molar-refractivity contribution in [2.75, 3.05) is 0 Å². The predicted molar refractivity (Wildman–Crippen MR) is 75.1 cm³/mol. The van der Waals surface area contributed by atoms with Crippen LogP contribution in [0.2, 0.25) is 5.02 Å². The molecule has 0 atom stereocenters. The Morgan fingerprint density at radius 3 is 2.47 bits per heavy atom. The average molecular weight is 274 g/mol. The first-order chi connectivity index (χ1) is 9.24. The number of benzene rings is 1. The Morgan fingerprint density at radius 2 is 1.84 bits per heavy atom. The zero-order chi connectivity index (χ0) is 13.0. The molecule has 2 saturated carbocycles. The Kier molecular flexibility index (Phi) is 2.46. The molecule has 1 heterocycles. The molecule has 2 aliphatic rings. The van der Waals surface area contributed by atoms with Crippen LogP contribution in [0, 0.1) is 6.92 Å². The fourth-order valence-electron chi connectivity index (χ4n) is 2.66. The maximum Gasteiger partial charge on any atom is 0.140 e. The first kappa shape index (κ1) is 11.5. The summed E-state index contributed by atoms with van der Waals surface area (Å²) in [6.45, 7) is 1.99. The molecule has 3 nitrogen and oxygen atoms in total. The summed E-state index contributed by atoms with van der Waals surface area (Å²) in [6.07, 6.45) is 5.04. The van der Waals surface area contributed by atoms with Crippen LogP contribution in [0.1, 0.15) is 54.7 Å². The van der Waals surface area contributed by atoms with Crippen LogP contribution in [-0.2, 0) is 0 Å². The van der Waals surface area contributed by atoms with Crippen molar-refractivity contribution < 1.29 is 0 Å². The summed E-state index contributed by atoms with van der Waals surface area (Å²) in [5.41, 5.74) is 2.39. The summed E-state index contributed by atoms with van der Waals surface area (Å²) < 4.78 is 2.12. The van der Waals surface area contributed by atoms with E-state index < -0.39 is 0 Å². The van der Waals surface area contributed by atoms with Gasteiger partial charge in [0.2, 0.25) is 0 Å². The maximum absolute atomic E-state index is 6.49. The molecule has 1 aromatic carbocycles. The van der Waals surface area contributed by atoms with Crippen molar-refractivity contribution >= 4 is 11.6 Å². The van der Waals surface area contributed by atoms with Gasteiger partial charge in [0.25, 0.3) is 0 Å². The molecule has 0 amide bonds. The predicted octanol–water partition coefficient (Wildman–Crippen LogP) is 3.98. The molecule has 2 aliphatic carbocycles. The number of rotatable bonds is 3. The van der Waals surface area contributed by atoms with Gasteiger partial charge in [-0.25, -0.2) is 0 Å². The van der Waals surface area contributed by atoms with Crippen LogP contribution >= 0.6 is 11.6 Å².